The molecule has 4 nitrogen and oxygen atoms in total. The van der Waals surface area contributed by atoms with Crippen LogP contribution in [-0.4, -0.2) is 53.9 Å². The normalized spacial score (nSPS) is 36.6. The Morgan fingerprint density at radius 2 is 2.38 bits per heavy atom. The SMILES string of the molecule is CC(CCO)NC1(CN)CCN2CCCC21. The van der Waals surface area contributed by atoms with Crippen LogP contribution in [0.3, 0.4) is 0 Å². The summed E-state index contributed by atoms with van der Waals surface area (Å²) in [6, 6.07) is 0.979. The Morgan fingerprint density at radius 3 is 3.06 bits per heavy atom. The maximum Gasteiger partial charge on any atom is 0.0475 e. The van der Waals surface area contributed by atoms with Crippen LogP contribution in [0.4, 0.5) is 0 Å². The van der Waals surface area contributed by atoms with Gasteiger partial charge in [0.15, 0.2) is 0 Å². The Labute approximate surface area is 98.2 Å². The number of aliphatic hydroxyl groups is 1. The summed E-state index contributed by atoms with van der Waals surface area (Å²) in [5.74, 6) is 0. The molecule has 4 N–H and O–H groups in total. The molecule has 2 aliphatic heterocycles. The fourth-order valence-corrected chi connectivity index (χ4v) is 3.45. The van der Waals surface area contributed by atoms with E-state index in [1.54, 1.807) is 0 Å². The number of fused-ring (bicyclic) bond motifs is 1. The first kappa shape index (κ1) is 12.3. The van der Waals surface area contributed by atoms with Gasteiger partial charge in [0.25, 0.3) is 0 Å². The van der Waals surface area contributed by atoms with E-state index in [0.717, 1.165) is 12.8 Å². The van der Waals surface area contributed by atoms with Crippen LogP contribution >= 0.6 is 0 Å². The van der Waals surface area contributed by atoms with Crippen LogP contribution in [-0.2, 0) is 0 Å². The molecule has 2 rings (SSSR count). The minimum atomic E-state index is 0.102. The lowest BCUT2D eigenvalue weighted by Crippen LogP contribution is -2.60. The van der Waals surface area contributed by atoms with Crippen molar-refractivity contribution in [1.29, 1.82) is 0 Å². The molecule has 0 bridgehead atoms. The van der Waals surface area contributed by atoms with Gasteiger partial charge in [0.05, 0.1) is 0 Å². The van der Waals surface area contributed by atoms with Gasteiger partial charge in [-0.1, -0.05) is 0 Å². The van der Waals surface area contributed by atoms with E-state index in [2.05, 4.69) is 17.1 Å². The Kier molecular flexibility index (Phi) is 3.85. The minimum absolute atomic E-state index is 0.102. The van der Waals surface area contributed by atoms with Gasteiger partial charge in [-0.15, -0.1) is 0 Å². The van der Waals surface area contributed by atoms with Crippen molar-refractivity contribution in [2.75, 3.05) is 26.2 Å². The Balaban J connectivity index is 2.01. The molecule has 0 aliphatic carbocycles. The second-order valence-corrected chi connectivity index (χ2v) is 5.36. The zero-order chi connectivity index (χ0) is 11.6. The second kappa shape index (κ2) is 5.00. The van der Waals surface area contributed by atoms with Gasteiger partial charge in [0, 0.05) is 37.3 Å². The van der Waals surface area contributed by atoms with Crippen molar-refractivity contribution in [2.24, 2.45) is 5.73 Å². The average molecular weight is 227 g/mol. The van der Waals surface area contributed by atoms with Crippen molar-refractivity contribution in [3.63, 3.8) is 0 Å². The number of rotatable bonds is 5. The van der Waals surface area contributed by atoms with Crippen molar-refractivity contribution in [3.05, 3.63) is 0 Å². The number of aliphatic hydroxyl groups excluding tert-OH is 1. The van der Waals surface area contributed by atoms with E-state index in [9.17, 15) is 0 Å². The lowest BCUT2D eigenvalue weighted by Gasteiger charge is -2.38. The summed E-state index contributed by atoms with van der Waals surface area (Å²) in [5.41, 5.74) is 6.12. The van der Waals surface area contributed by atoms with Gasteiger partial charge in [-0.05, 0) is 39.2 Å². The first-order valence-electron chi connectivity index (χ1n) is 6.54. The number of nitrogens with zero attached hydrogens (tertiary/aromatic N) is 1. The molecule has 16 heavy (non-hydrogen) atoms. The molecule has 0 aromatic rings. The predicted molar refractivity (Wildman–Crippen MR) is 65.3 cm³/mol. The summed E-state index contributed by atoms with van der Waals surface area (Å²) in [7, 11) is 0. The highest BCUT2D eigenvalue weighted by Crippen LogP contribution is 2.35. The molecule has 3 unspecified atom stereocenters. The summed E-state index contributed by atoms with van der Waals surface area (Å²) in [6.45, 7) is 5.53. The highest BCUT2D eigenvalue weighted by atomic mass is 16.3. The third kappa shape index (κ3) is 2.12. The van der Waals surface area contributed by atoms with E-state index in [-0.39, 0.29) is 12.1 Å². The molecule has 0 aromatic carbocycles. The van der Waals surface area contributed by atoms with Gasteiger partial charge in [0.1, 0.15) is 0 Å². The lowest BCUT2D eigenvalue weighted by molar-refractivity contribution is 0.195. The van der Waals surface area contributed by atoms with Gasteiger partial charge in [-0.2, -0.15) is 0 Å². The van der Waals surface area contributed by atoms with Crippen molar-refractivity contribution in [3.8, 4) is 0 Å². The molecule has 2 heterocycles. The van der Waals surface area contributed by atoms with Crippen LogP contribution in [0.25, 0.3) is 0 Å². The van der Waals surface area contributed by atoms with Crippen molar-refractivity contribution >= 4 is 0 Å². The van der Waals surface area contributed by atoms with E-state index in [0.29, 0.717) is 18.6 Å². The first-order chi connectivity index (χ1) is 7.72. The predicted octanol–water partition coefficient (Wildman–Crippen LogP) is -0.0875. The summed E-state index contributed by atoms with van der Waals surface area (Å²) in [6.07, 6.45) is 4.55. The number of hydrogen-bond donors (Lipinski definition) is 3. The third-order valence-corrected chi connectivity index (χ3v) is 4.31. The molecular formula is C12H25N3O. The highest BCUT2D eigenvalue weighted by molar-refractivity contribution is 5.09. The van der Waals surface area contributed by atoms with Crippen LogP contribution in [0.1, 0.15) is 32.6 Å². The summed E-state index contributed by atoms with van der Waals surface area (Å²) in [5, 5.41) is 12.7. The number of hydrogen-bond acceptors (Lipinski definition) is 4. The standard InChI is InChI=1S/C12H25N3O/c1-10(4-8-16)14-12(9-13)5-7-15-6-2-3-11(12)15/h10-11,14,16H,2-9,13H2,1H3. The molecule has 2 fully saturated rings. The minimum Gasteiger partial charge on any atom is -0.396 e. The Morgan fingerprint density at radius 1 is 1.56 bits per heavy atom. The Bertz CT molecular complexity index is 236. The highest BCUT2D eigenvalue weighted by Gasteiger charge is 2.48. The van der Waals surface area contributed by atoms with Gasteiger partial charge >= 0.3 is 0 Å². The van der Waals surface area contributed by atoms with E-state index >= 15 is 0 Å². The van der Waals surface area contributed by atoms with Gasteiger partial charge < -0.3 is 16.2 Å². The summed E-state index contributed by atoms with van der Waals surface area (Å²) < 4.78 is 0. The van der Waals surface area contributed by atoms with Gasteiger partial charge in [-0.25, -0.2) is 0 Å². The van der Waals surface area contributed by atoms with E-state index in [4.69, 9.17) is 10.8 Å². The van der Waals surface area contributed by atoms with E-state index < -0.39 is 0 Å². The second-order valence-electron chi connectivity index (χ2n) is 5.36. The van der Waals surface area contributed by atoms with Crippen LogP contribution in [0.5, 0.6) is 0 Å². The smallest absolute Gasteiger partial charge is 0.0475 e. The Hall–Kier alpha value is -0.160. The molecule has 2 aliphatic rings. The molecule has 94 valence electrons. The van der Waals surface area contributed by atoms with Gasteiger partial charge in [0.2, 0.25) is 0 Å². The summed E-state index contributed by atoms with van der Waals surface area (Å²) in [4.78, 5) is 2.57. The maximum absolute atomic E-state index is 8.97. The molecule has 0 radical (unpaired) electrons. The summed E-state index contributed by atoms with van der Waals surface area (Å²) >= 11 is 0. The topological polar surface area (TPSA) is 61.5 Å². The molecule has 0 amide bonds. The van der Waals surface area contributed by atoms with Crippen LogP contribution in [0.2, 0.25) is 0 Å². The average Bonchev–Trinajstić information content (AvgIpc) is 2.83. The molecule has 0 spiro atoms. The van der Waals surface area contributed by atoms with Crippen LogP contribution in [0, 0.1) is 0 Å². The fraction of sp³-hybridized carbons (Fsp3) is 1.00. The van der Waals surface area contributed by atoms with E-state index in [1.807, 2.05) is 0 Å². The van der Waals surface area contributed by atoms with E-state index in [1.165, 1.54) is 25.9 Å². The van der Waals surface area contributed by atoms with Crippen molar-refractivity contribution in [2.45, 2.75) is 50.2 Å². The molecule has 3 atom stereocenters. The lowest BCUT2D eigenvalue weighted by atomic mass is 9.87. The molecular weight excluding hydrogens is 202 g/mol. The van der Waals surface area contributed by atoms with Gasteiger partial charge in [-0.3, -0.25) is 4.90 Å². The molecule has 0 aromatic heterocycles. The van der Waals surface area contributed by atoms with Crippen LogP contribution < -0.4 is 11.1 Å². The zero-order valence-corrected chi connectivity index (χ0v) is 10.3. The van der Waals surface area contributed by atoms with Crippen molar-refractivity contribution in [1.82, 2.24) is 10.2 Å². The van der Waals surface area contributed by atoms with Crippen LogP contribution in [0.15, 0.2) is 0 Å². The number of nitrogens with two attached hydrogens (primary N) is 1. The fourth-order valence-electron chi connectivity index (χ4n) is 3.45. The maximum atomic E-state index is 8.97. The molecule has 4 heteroatoms. The third-order valence-electron chi connectivity index (χ3n) is 4.31. The molecule has 0 saturated carbocycles. The first-order valence-corrected chi connectivity index (χ1v) is 6.54. The largest absolute Gasteiger partial charge is 0.396 e. The van der Waals surface area contributed by atoms with Crippen molar-refractivity contribution < 1.29 is 5.11 Å². The molecule has 2 saturated heterocycles. The monoisotopic (exact) mass is 227 g/mol. The zero-order valence-electron chi connectivity index (χ0n) is 10.3. The number of nitrogens with one attached hydrogen (secondary N) is 1. The quantitative estimate of drug-likeness (QED) is 0.614.